The number of alkyl halides is 9. The number of fused-ring (bicyclic) bond motifs is 5. The highest BCUT2D eigenvalue weighted by atomic mass is 19.4. The summed E-state index contributed by atoms with van der Waals surface area (Å²) >= 11 is 0. The van der Waals surface area contributed by atoms with Gasteiger partial charge in [0.1, 0.15) is 5.75 Å². The number of hydrogen-bond acceptors (Lipinski definition) is 4. The van der Waals surface area contributed by atoms with Crippen LogP contribution in [-0.2, 0) is 4.79 Å². The Hall–Kier alpha value is -2.48. The lowest BCUT2D eigenvalue weighted by Crippen LogP contribution is -2.60. The van der Waals surface area contributed by atoms with Crippen LogP contribution < -0.4 is 0 Å². The largest absolute Gasteiger partial charge is 0.508 e. The Morgan fingerprint density at radius 3 is 2.10 bits per heavy atom. The van der Waals surface area contributed by atoms with Gasteiger partial charge in [0.15, 0.2) is 0 Å². The fraction of sp³-hybridized carbons (Fsp3) is 0.750. The molecule has 0 heterocycles. The number of rotatable bonds is 16. The summed E-state index contributed by atoms with van der Waals surface area (Å²) in [6.45, 7) is 6.38. The quantitative estimate of drug-likeness (QED) is 0.0772. The average molecular weight is 731 g/mol. The van der Waals surface area contributed by atoms with Crippen LogP contribution in [-0.4, -0.2) is 56.4 Å². The van der Waals surface area contributed by atoms with Crippen molar-refractivity contribution in [3.63, 3.8) is 0 Å². The Balaban J connectivity index is 1.24. The minimum absolute atomic E-state index is 0.0861. The molecule has 14 heteroatoms. The van der Waals surface area contributed by atoms with Gasteiger partial charge in [-0.3, -0.25) is 4.79 Å². The second-order valence-corrected chi connectivity index (χ2v) is 14.9. The van der Waals surface area contributed by atoms with E-state index in [0.717, 1.165) is 61.6 Å². The summed E-state index contributed by atoms with van der Waals surface area (Å²) in [6, 6.07) is 5.19. The molecule has 0 saturated heterocycles. The minimum atomic E-state index is -7.00. The number of aliphatic hydroxyl groups is 2. The lowest BCUT2D eigenvalue weighted by atomic mass is 9.51. The zero-order valence-corrected chi connectivity index (χ0v) is 28.0. The number of hydrogen-bond donors (Lipinski definition) is 4. The summed E-state index contributed by atoms with van der Waals surface area (Å²) in [5.74, 6) is -22.3. The van der Waals surface area contributed by atoms with Gasteiger partial charge in [-0.05, 0) is 96.4 Å². The van der Waals surface area contributed by atoms with Gasteiger partial charge in [-0.25, -0.2) is 0 Å². The highest BCUT2D eigenvalue weighted by Gasteiger charge is 2.81. The molecule has 0 aliphatic heterocycles. The highest BCUT2D eigenvalue weighted by molar-refractivity contribution is 5.69. The van der Waals surface area contributed by atoms with Gasteiger partial charge in [0.2, 0.25) is 0 Å². The van der Waals surface area contributed by atoms with E-state index in [1.807, 2.05) is 6.07 Å². The molecule has 1 aromatic rings. The monoisotopic (exact) mass is 730 g/mol. The first kappa shape index (κ1) is 40.3. The molecule has 1 aromatic carbocycles. The van der Waals surface area contributed by atoms with E-state index in [1.165, 1.54) is 0 Å². The van der Waals surface area contributed by atoms with Crippen LogP contribution in [0.25, 0.3) is 0 Å². The van der Waals surface area contributed by atoms with Crippen molar-refractivity contribution in [2.45, 2.75) is 139 Å². The molecule has 8 atom stereocenters. The lowest BCUT2D eigenvalue weighted by Gasteiger charge is -2.53. The summed E-state index contributed by atoms with van der Waals surface area (Å²) in [5.41, 5.74) is 2.42. The molecule has 4 N–H and O–H groups in total. The zero-order valence-electron chi connectivity index (χ0n) is 28.0. The Morgan fingerprint density at radius 1 is 0.900 bits per heavy atom. The molecule has 0 amide bonds. The predicted octanol–water partition coefficient (Wildman–Crippen LogP) is 9.95. The Kier molecular flexibility index (Phi) is 12.0. The molecule has 284 valence electrons. The molecule has 4 rings (SSSR count). The van der Waals surface area contributed by atoms with Gasteiger partial charge in [-0.1, -0.05) is 64.5 Å². The number of carboxylic acids is 1. The van der Waals surface area contributed by atoms with Crippen molar-refractivity contribution in [1.82, 2.24) is 0 Å². The van der Waals surface area contributed by atoms with Crippen LogP contribution in [0.5, 0.6) is 5.75 Å². The molecule has 2 saturated carbocycles. The van der Waals surface area contributed by atoms with Crippen LogP contribution in [0, 0.1) is 29.1 Å². The van der Waals surface area contributed by atoms with Gasteiger partial charge in [0.25, 0.3) is 0 Å². The maximum atomic E-state index is 13.9. The number of benzene rings is 1. The molecule has 3 aliphatic rings. The first-order valence-corrected chi connectivity index (χ1v) is 17.4. The van der Waals surface area contributed by atoms with Gasteiger partial charge >= 0.3 is 29.9 Å². The molecular formula is C36H47F9O5. The number of aliphatic hydroxyl groups excluding tert-OH is 2. The average Bonchev–Trinajstić information content (AvgIpc) is 3.25. The van der Waals surface area contributed by atoms with Gasteiger partial charge < -0.3 is 20.4 Å². The third-order valence-electron chi connectivity index (χ3n) is 12.0. The van der Waals surface area contributed by atoms with Gasteiger partial charge in [0, 0.05) is 6.42 Å². The van der Waals surface area contributed by atoms with E-state index in [0.29, 0.717) is 19.3 Å². The van der Waals surface area contributed by atoms with Gasteiger partial charge in [0.05, 0.1) is 18.1 Å². The number of carboxylic acid groups (broad SMARTS) is 1. The topological polar surface area (TPSA) is 98.0 Å². The number of aliphatic carboxylic acids is 1. The van der Waals surface area contributed by atoms with Crippen LogP contribution in [0.3, 0.4) is 0 Å². The van der Waals surface area contributed by atoms with Crippen molar-refractivity contribution in [1.29, 1.82) is 0 Å². The molecule has 0 aromatic heterocycles. The first-order valence-electron chi connectivity index (χ1n) is 17.4. The Labute approximate surface area is 286 Å². The normalized spacial score (nSPS) is 29.3. The third-order valence-corrected chi connectivity index (χ3v) is 12.0. The maximum absolute atomic E-state index is 13.9. The summed E-state index contributed by atoms with van der Waals surface area (Å²) in [7, 11) is 0. The van der Waals surface area contributed by atoms with E-state index in [9.17, 15) is 64.7 Å². The predicted molar refractivity (Wildman–Crippen MR) is 166 cm³/mol. The molecule has 2 fully saturated rings. The summed E-state index contributed by atoms with van der Waals surface area (Å²) < 4.78 is 118. The highest BCUT2D eigenvalue weighted by Crippen LogP contribution is 2.65. The van der Waals surface area contributed by atoms with Crippen molar-refractivity contribution >= 4 is 5.97 Å². The lowest BCUT2D eigenvalue weighted by molar-refractivity contribution is -0.396. The number of phenols is 1. The summed E-state index contributed by atoms with van der Waals surface area (Å²) in [6.07, 6.45) is -4.26. The molecule has 0 bridgehead atoms. The minimum Gasteiger partial charge on any atom is -0.508 e. The second kappa shape index (κ2) is 14.9. The van der Waals surface area contributed by atoms with E-state index in [-0.39, 0.29) is 47.7 Å². The van der Waals surface area contributed by atoms with Crippen LogP contribution in [0.2, 0.25) is 0 Å². The molecule has 0 spiro atoms. The van der Waals surface area contributed by atoms with Crippen molar-refractivity contribution in [2.75, 3.05) is 0 Å². The molecule has 3 aliphatic carbocycles. The molecular weight excluding hydrogens is 683 g/mol. The van der Waals surface area contributed by atoms with Crippen LogP contribution in [0.15, 0.2) is 30.4 Å². The van der Waals surface area contributed by atoms with Gasteiger partial charge in [-0.2, -0.15) is 39.5 Å². The standard InChI is InChI=1S/C36H47F9O5/c1-20-28(47)19-27-29-24(15-16-32(20,27)2)23-13-12-22(46)18-26(23)30(48)25(29)11-9-7-5-3-4-6-8-10-21(31(49)50)14-17-33(37,38)34(39,40)35(41,42)36(43,44)45/h12-13,18,21,24-25,27-30,46-48H,1,3-11,14-17,19H2,2H3,(H,49,50)/t21?,24?,25?,27?,28-,29?,30+,32-/m1/s1. The fourth-order valence-corrected chi connectivity index (χ4v) is 8.99. The molecule has 5 nitrogen and oxygen atoms in total. The third kappa shape index (κ3) is 7.52. The smallest absolute Gasteiger partial charge is 0.460 e. The number of phenolic OH excluding ortho intramolecular Hbond substituents is 1. The van der Waals surface area contributed by atoms with E-state index < -0.39 is 60.9 Å². The molecule has 5 unspecified atom stereocenters. The SMILES string of the molecule is C=C1[C@H](O)CC2C3C(CC[C@]12C)c1ccc(O)cc1[C@@H](O)C3CCCCCCCCCC(CCC(F)(F)C(F)(F)C(F)(F)C(F)(F)F)C(=O)O. The van der Waals surface area contributed by atoms with E-state index >= 15 is 0 Å². The maximum Gasteiger partial charge on any atom is 0.460 e. The van der Waals surface area contributed by atoms with Crippen molar-refractivity contribution in [2.24, 2.45) is 29.1 Å². The van der Waals surface area contributed by atoms with E-state index in [1.54, 1.807) is 12.1 Å². The second-order valence-electron chi connectivity index (χ2n) is 14.9. The number of halogens is 9. The van der Waals surface area contributed by atoms with Crippen LogP contribution >= 0.6 is 0 Å². The van der Waals surface area contributed by atoms with Crippen molar-refractivity contribution in [3.8, 4) is 5.75 Å². The van der Waals surface area contributed by atoms with Crippen molar-refractivity contribution in [3.05, 3.63) is 41.5 Å². The zero-order chi connectivity index (χ0) is 37.4. The Bertz CT molecular complexity index is 1370. The number of carbonyl (C=O) groups is 1. The first-order chi connectivity index (χ1) is 23.1. The molecule has 0 radical (unpaired) electrons. The Morgan fingerprint density at radius 2 is 1.50 bits per heavy atom. The summed E-state index contributed by atoms with van der Waals surface area (Å²) in [4.78, 5) is 11.5. The van der Waals surface area contributed by atoms with Gasteiger partial charge in [-0.15, -0.1) is 0 Å². The number of aromatic hydroxyl groups is 1. The van der Waals surface area contributed by atoms with E-state index in [2.05, 4.69) is 13.5 Å². The van der Waals surface area contributed by atoms with Crippen molar-refractivity contribution < 1.29 is 64.7 Å². The van der Waals surface area contributed by atoms with Crippen LogP contribution in [0.1, 0.15) is 120 Å². The number of unbranched alkanes of at least 4 members (excludes halogenated alkanes) is 6. The molecule has 50 heavy (non-hydrogen) atoms. The summed E-state index contributed by atoms with van der Waals surface area (Å²) in [5, 5.41) is 41.8. The van der Waals surface area contributed by atoms with E-state index in [4.69, 9.17) is 0 Å². The fourth-order valence-electron chi connectivity index (χ4n) is 8.99. The van der Waals surface area contributed by atoms with Crippen LogP contribution in [0.4, 0.5) is 39.5 Å².